The van der Waals surface area contributed by atoms with Crippen LogP contribution in [0.25, 0.3) is 67.6 Å². The number of fused-ring (bicyclic) bond motifs is 7. The summed E-state index contributed by atoms with van der Waals surface area (Å²) in [5, 5.41) is 21.7. The van der Waals surface area contributed by atoms with Crippen molar-refractivity contribution in [2.24, 2.45) is 0 Å². The Morgan fingerprint density at radius 1 is 0.433 bits per heavy atom. The summed E-state index contributed by atoms with van der Waals surface area (Å²) in [7, 11) is 0. The van der Waals surface area contributed by atoms with Crippen LogP contribution in [0.1, 0.15) is 80.5 Å². The number of hydrogen-bond donors (Lipinski definition) is 3. The van der Waals surface area contributed by atoms with Crippen molar-refractivity contribution in [3.63, 3.8) is 0 Å². The van der Waals surface area contributed by atoms with Gasteiger partial charge in [-0.3, -0.25) is 14.0 Å². The van der Waals surface area contributed by atoms with Crippen LogP contribution in [0.15, 0.2) is 153 Å². The van der Waals surface area contributed by atoms with Crippen molar-refractivity contribution in [1.82, 2.24) is 94.0 Å². The molecule has 0 radical (unpaired) electrons. The molecule has 3 atom stereocenters. The zero-order chi connectivity index (χ0) is 71.5. The van der Waals surface area contributed by atoms with Crippen LogP contribution in [0.2, 0.25) is 0 Å². The van der Waals surface area contributed by atoms with Crippen LogP contribution in [0.3, 0.4) is 0 Å². The highest BCUT2D eigenvalue weighted by Crippen LogP contribution is 2.35. The van der Waals surface area contributed by atoms with Crippen molar-refractivity contribution in [2.75, 3.05) is 98.1 Å². The van der Waals surface area contributed by atoms with Gasteiger partial charge in [-0.25, -0.2) is 88.5 Å². The number of nitrogens with zero attached hydrogens (tertiary/aromatic N) is 20. The van der Waals surface area contributed by atoms with Gasteiger partial charge in [0.15, 0.2) is 16.9 Å². The minimum Gasteiger partial charge on any atom is -0.355 e. The molecular formula is C71H69F8N23O2. The molecule has 536 valence electrons. The van der Waals surface area contributed by atoms with Gasteiger partial charge in [-0.15, -0.1) is 0 Å². The molecule has 33 heteroatoms. The highest BCUT2D eigenvalue weighted by Gasteiger charge is 2.39. The lowest BCUT2D eigenvalue weighted by Gasteiger charge is -2.38. The van der Waals surface area contributed by atoms with Crippen molar-refractivity contribution in [3.05, 3.63) is 175 Å². The first kappa shape index (κ1) is 68.4. The largest absolute Gasteiger partial charge is 0.355 e. The lowest BCUT2D eigenvalue weighted by Crippen LogP contribution is -2.51. The summed E-state index contributed by atoms with van der Waals surface area (Å²) >= 11 is 0. The standard InChI is InChI=1S/C20H19F2N5O.C17H16F2N6O.C17H16F2N6.C17H18F2N6/c21-20(22)14-1-3-17-24-10-16(27(17)11-14)13-5-6-23-18(9-13)25-7-8-26-15(12-25)2-4-19(26)28;18-17(19)12-1-2-14-22-10-13(25(14)23-12)11-3-5-20-15(9-11)24-7-4-16(26)21-6-8-24;18-17(19)13-1-2-15-22-8-14(25(15)23-13)10-3-4-20-16(5-10)24-9-11-6-12(24)7-21-11;18-17(19)13-2-3-15-22-11-14(25(15)23-13)12-4-6-21-16(10-12)24-8-1-5-20-7-9-24/h1,3,5-6,9-11,15,20H,2,4,7-8,12H2;1-3,5,9-10,17H,4,6-8H2,(H,21,26);1-5,8,11-12,17,21H,6-7,9H2;2-4,6,10-11,17,20H,1,5,7-9H2/t;;11-,12-;/m..0./s1. The molecule has 0 spiro atoms. The second-order valence-corrected chi connectivity index (χ2v) is 25.7. The molecule has 1 unspecified atom stereocenters. The average Bonchev–Trinajstić information content (AvgIpc) is 1.64. The van der Waals surface area contributed by atoms with Crippen molar-refractivity contribution >= 4 is 57.7 Å². The molecule has 3 N–H and O–H groups in total. The molecule has 12 aromatic heterocycles. The predicted octanol–water partition coefficient (Wildman–Crippen LogP) is 10.0. The Balaban J connectivity index is 0.000000112. The molecule has 6 aliphatic rings. The van der Waals surface area contributed by atoms with Crippen LogP contribution in [-0.4, -0.2) is 186 Å². The summed E-state index contributed by atoms with van der Waals surface area (Å²) in [6, 6.07) is 27.9. The second kappa shape index (κ2) is 29.9. The van der Waals surface area contributed by atoms with E-state index in [0.717, 1.165) is 123 Å². The summed E-state index contributed by atoms with van der Waals surface area (Å²) in [5.41, 5.74) is 7.40. The lowest BCUT2D eigenvalue weighted by atomic mass is 10.1. The maximum absolute atomic E-state index is 13.1. The Labute approximate surface area is 588 Å². The van der Waals surface area contributed by atoms with Crippen LogP contribution in [0.5, 0.6) is 0 Å². The van der Waals surface area contributed by atoms with Gasteiger partial charge in [0, 0.05) is 162 Å². The van der Waals surface area contributed by atoms with E-state index in [2.05, 4.69) is 85.8 Å². The number of aromatic nitrogens is 15. The van der Waals surface area contributed by atoms with Crippen molar-refractivity contribution in [2.45, 2.75) is 75.9 Å². The molecule has 6 aliphatic heterocycles. The van der Waals surface area contributed by atoms with Gasteiger partial charge in [0.05, 0.1) is 47.6 Å². The van der Waals surface area contributed by atoms with Gasteiger partial charge in [0.2, 0.25) is 11.8 Å². The number of imidazole rings is 4. The number of piperazine rings is 2. The zero-order valence-electron chi connectivity index (χ0n) is 55.8. The minimum atomic E-state index is -2.65. The van der Waals surface area contributed by atoms with Gasteiger partial charge >= 0.3 is 0 Å². The number of nitrogens with one attached hydrogen (secondary N) is 3. The third kappa shape index (κ3) is 14.6. The van der Waals surface area contributed by atoms with Gasteiger partial charge in [0.1, 0.15) is 46.0 Å². The molecule has 18 rings (SSSR count). The van der Waals surface area contributed by atoms with Crippen molar-refractivity contribution in [1.29, 1.82) is 0 Å². The van der Waals surface area contributed by atoms with E-state index in [-0.39, 0.29) is 40.5 Å². The van der Waals surface area contributed by atoms with E-state index in [1.807, 2.05) is 52.3 Å². The number of rotatable bonds is 12. The van der Waals surface area contributed by atoms with Crippen molar-refractivity contribution < 1.29 is 44.7 Å². The van der Waals surface area contributed by atoms with Gasteiger partial charge in [-0.1, -0.05) is 0 Å². The Hall–Kier alpha value is -11.4. The van der Waals surface area contributed by atoms with E-state index in [9.17, 15) is 44.7 Å². The fourth-order valence-electron chi connectivity index (χ4n) is 13.9. The lowest BCUT2D eigenvalue weighted by molar-refractivity contribution is -0.129. The minimum absolute atomic E-state index is 0.0224. The Morgan fingerprint density at radius 3 is 1.47 bits per heavy atom. The van der Waals surface area contributed by atoms with Gasteiger partial charge in [-0.05, 0) is 123 Å². The summed E-state index contributed by atoms with van der Waals surface area (Å²) in [6.45, 7) is 9.67. The number of hydrogen-bond acceptors (Lipinski definition) is 19. The number of pyridine rings is 5. The molecule has 0 saturated carbocycles. The van der Waals surface area contributed by atoms with Crippen LogP contribution in [-0.2, 0) is 9.59 Å². The van der Waals surface area contributed by atoms with Gasteiger partial charge in [-0.2, -0.15) is 15.3 Å². The summed E-state index contributed by atoms with van der Waals surface area (Å²) in [6.07, 6.45) is 8.62. The molecular weight excluding hydrogens is 1360 g/mol. The van der Waals surface area contributed by atoms with E-state index in [0.29, 0.717) is 90.8 Å². The van der Waals surface area contributed by atoms with E-state index in [4.69, 9.17) is 0 Å². The third-order valence-corrected chi connectivity index (χ3v) is 19.2. The van der Waals surface area contributed by atoms with Crippen molar-refractivity contribution in [3.8, 4) is 45.0 Å². The highest BCUT2D eigenvalue weighted by atomic mass is 19.3. The van der Waals surface area contributed by atoms with E-state index < -0.39 is 25.7 Å². The molecule has 2 amide bonds. The Morgan fingerprint density at radius 2 is 0.933 bits per heavy atom. The fourth-order valence-corrected chi connectivity index (χ4v) is 13.9. The molecule has 12 aromatic rings. The molecule has 6 saturated heterocycles. The third-order valence-electron chi connectivity index (χ3n) is 19.2. The number of anilines is 4. The summed E-state index contributed by atoms with van der Waals surface area (Å²) in [4.78, 5) is 69.1. The van der Waals surface area contributed by atoms with Crippen LogP contribution in [0.4, 0.5) is 58.4 Å². The molecule has 18 heterocycles. The fraction of sp³-hybridized carbons (Fsp3) is 0.338. The van der Waals surface area contributed by atoms with Gasteiger partial charge in [0.25, 0.3) is 25.7 Å². The normalized spacial score (nSPS) is 18.3. The molecule has 2 bridgehead atoms. The quantitative estimate of drug-likeness (QED) is 0.0963. The number of amides is 2. The molecule has 25 nitrogen and oxygen atoms in total. The average molecular weight is 1430 g/mol. The summed E-state index contributed by atoms with van der Waals surface area (Å²) < 4.78 is 110. The first-order valence-corrected chi connectivity index (χ1v) is 34.1. The smallest absolute Gasteiger partial charge is 0.282 e. The first-order chi connectivity index (χ1) is 50.6. The Bertz CT molecular complexity index is 5060. The summed E-state index contributed by atoms with van der Waals surface area (Å²) in [5.74, 6) is 3.60. The number of alkyl halides is 8. The van der Waals surface area contributed by atoms with E-state index >= 15 is 0 Å². The topological polar surface area (TPSA) is 246 Å². The number of carbonyl (C=O) groups is 2. The van der Waals surface area contributed by atoms with Crippen LogP contribution < -0.4 is 35.6 Å². The molecule has 0 aromatic carbocycles. The first-order valence-electron chi connectivity index (χ1n) is 34.1. The molecule has 6 fully saturated rings. The second-order valence-electron chi connectivity index (χ2n) is 25.7. The van der Waals surface area contributed by atoms with Crippen LogP contribution in [0, 0.1) is 0 Å². The predicted molar refractivity (Wildman–Crippen MR) is 371 cm³/mol. The maximum atomic E-state index is 13.1. The monoisotopic (exact) mass is 1430 g/mol. The zero-order valence-corrected chi connectivity index (χ0v) is 55.8. The Kier molecular flexibility index (Phi) is 19.7. The SMILES string of the molecule is FC(F)c1ccc2ncc(-c3ccnc(N4CCCNCC4)c3)n2n1.FC(F)c1ccc2ncc(-c3ccnc(N4C[C@@H]5C[C@H]4CN5)c3)n2n1.O=C1CCC2CN(c3cc(-c4cnc5ccc(C(F)F)cn45)ccn3)CCN12.O=C1CCN(c2cc(-c3cnc4ccc(C(F)F)nn34)ccn2)CCN1. The number of halogens is 8. The van der Waals surface area contributed by atoms with E-state index in [1.165, 1.54) is 50.1 Å². The molecule has 104 heavy (non-hydrogen) atoms. The van der Waals surface area contributed by atoms with Gasteiger partial charge < -0.3 is 40.4 Å². The number of carbonyl (C=O) groups excluding carboxylic acids is 2. The van der Waals surface area contributed by atoms with E-state index in [1.54, 1.807) is 78.2 Å². The van der Waals surface area contributed by atoms with Crippen LogP contribution >= 0.6 is 0 Å². The molecule has 0 aliphatic carbocycles. The maximum Gasteiger partial charge on any atom is 0.282 e. The highest BCUT2D eigenvalue weighted by molar-refractivity contribution is 5.80.